The van der Waals surface area contributed by atoms with Gasteiger partial charge in [-0.2, -0.15) is 0 Å². The molecule has 1 aliphatic carbocycles. The maximum atomic E-state index is 9.85. The molecule has 3 N–H and O–H groups in total. The normalized spacial score (nSPS) is 29.0. The number of aliphatic hydroxyl groups excluding tert-OH is 1. The molecule has 0 amide bonds. The maximum Gasteiger partial charge on any atom is 0.0991 e. The highest BCUT2D eigenvalue weighted by atomic mass is 16.3. The third kappa shape index (κ3) is 2.18. The quantitative estimate of drug-likeness (QED) is 0.756. The largest absolute Gasteiger partial charge is 0.391 e. The van der Waals surface area contributed by atoms with Gasteiger partial charge in [0.1, 0.15) is 0 Å². The van der Waals surface area contributed by atoms with Crippen molar-refractivity contribution in [1.82, 2.24) is 15.0 Å². The third-order valence-electron chi connectivity index (χ3n) is 3.03. The molecule has 1 fully saturated rings. The van der Waals surface area contributed by atoms with E-state index in [2.05, 4.69) is 10.3 Å². The van der Waals surface area contributed by atoms with Crippen molar-refractivity contribution in [2.45, 2.75) is 50.8 Å². The fourth-order valence-electron chi connectivity index (χ4n) is 2.06. The fraction of sp³-hybridized carbons (Fsp3) is 0.800. The predicted molar refractivity (Wildman–Crippen MR) is 56.1 cm³/mol. The lowest BCUT2D eigenvalue weighted by Gasteiger charge is -2.27. The van der Waals surface area contributed by atoms with Gasteiger partial charge in [0.2, 0.25) is 0 Å². The number of nitrogens with two attached hydrogens (primary N) is 1. The minimum Gasteiger partial charge on any atom is -0.391 e. The molecule has 15 heavy (non-hydrogen) atoms. The Labute approximate surface area is 89.3 Å². The number of rotatable bonds is 2. The molecule has 84 valence electrons. The molecule has 3 unspecified atom stereocenters. The van der Waals surface area contributed by atoms with Crippen molar-refractivity contribution in [2.75, 3.05) is 0 Å². The van der Waals surface area contributed by atoms with E-state index in [1.54, 1.807) is 4.68 Å². The van der Waals surface area contributed by atoms with Crippen LogP contribution in [0, 0.1) is 0 Å². The Morgan fingerprint density at radius 3 is 2.87 bits per heavy atom. The molecule has 0 saturated heterocycles. The van der Waals surface area contributed by atoms with Gasteiger partial charge in [0.15, 0.2) is 0 Å². The highest BCUT2D eigenvalue weighted by Gasteiger charge is 2.25. The van der Waals surface area contributed by atoms with Gasteiger partial charge in [-0.15, -0.1) is 5.10 Å². The van der Waals surface area contributed by atoms with Crippen molar-refractivity contribution >= 4 is 0 Å². The van der Waals surface area contributed by atoms with Crippen molar-refractivity contribution < 1.29 is 5.11 Å². The van der Waals surface area contributed by atoms with Crippen molar-refractivity contribution in [2.24, 2.45) is 5.73 Å². The molecule has 1 saturated carbocycles. The van der Waals surface area contributed by atoms with Crippen LogP contribution in [0.2, 0.25) is 0 Å². The highest BCUT2D eigenvalue weighted by molar-refractivity contribution is 4.99. The summed E-state index contributed by atoms with van der Waals surface area (Å²) in [5.74, 6) is 0. The molecule has 1 aliphatic rings. The van der Waals surface area contributed by atoms with Crippen LogP contribution >= 0.6 is 0 Å². The molecule has 0 spiro atoms. The average Bonchev–Trinajstić information content (AvgIpc) is 2.67. The first-order valence-corrected chi connectivity index (χ1v) is 5.54. The summed E-state index contributed by atoms with van der Waals surface area (Å²) in [6.45, 7) is 1.88. The van der Waals surface area contributed by atoms with E-state index in [1.807, 2.05) is 13.1 Å². The number of hydrogen-bond donors (Lipinski definition) is 2. The zero-order valence-electron chi connectivity index (χ0n) is 9.00. The molecular formula is C10H18N4O. The molecule has 0 radical (unpaired) electrons. The van der Waals surface area contributed by atoms with Gasteiger partial charge in [0.05, 0.1) is 24.0 Å². The molecule has 0 aromatic carbocycles. The Morgan fingerprint density at radius 2 is 2.27 bits per heavy atom. The van der Waals surface area contributed by atoms with Crippen LogP contribution in [0.25, 0.3) is 0 Å². The Bertz CT molecular complexity index is 323. The first kappa shape index (κ1) is 10.6. The van der Waals surface area contributed by atoms with E-state index in [0.717, 1.165) is 31.4 Å². The van der Waals surface area contributed by atoms with Crippen molar-refractivity contribution in [1.29, 1.82) is 0 Å². The van der Waals surface area contributed by atoms with Crippen LogP contribution < -0.4 is 5.73 Å². The summed E-state index contributed by atoms with van der Waals surface area (Å²) >= 11 is 0. The van der Waals surface area contributed by atoms with Crippen LogP contribution in [0.3, 0.4) is 0 Å². The number of nitrogens with zero attached hydrogens (tertiary/aromatic N) is 3. The number of aromatic nitrogens is 3. The van der Waals surface area contributed by atoms with Gasteiger partial charge < -0.3 is 10.8 Å². The standard InChI is InChI=1S/C10H18N4O/c1-7(11)8-6-14(13-12-8)9-4-2-3-5-10(9)15/h6-7,9-10,15H,2-5,11H2,1H3. The van der Waals surface area contributed by atoms with Crippen LogP contribution in [0.15, 0.2) is 6.20 Å². The summed E-state index contributed by atoms with van der Waals surface area (Å²) in [4.78, 5) is 0. The molecule has 5 nitrogen and oxygen atoms in total. The molecule has 1 aromatic rings. The molecule has 5 heteroatoms. The minimum atomic E-state index is -0.290. The topological polar surface area (TPSA) is 77.0 Å². The van der Waals surface area contributed by atoms with Gasteiger partial charge in [-0.1, -0.05) is 18.1 Å². The molecule has 0 bridgehead atoms. The molecule has 3 atom stereocenters. The zero-order chi connectivity index (χ0) is 10.8. The van der Waals surface area contributed by atoms with Gasteiger partial charge in [0.25, 0.3) is 0 Å². The lowest BCUT2D eigenvalue weighted by molar-refractivity contribution is 0.0685. The Hall–Kier alpha value is -0.940. The first-order valence-electron chi connectivity index (χ1n) is 5.54. The molecule has 1 aromatic heterocycles. The number of hydrogen-bond acceptors (Lipinski definition) is 4. The molecule has 2 rings (SSSR count). The highest BCUT2D eigenvalue weighted by Crippen LogP contribution is 2.28. The van der Waals surface area contributed by atoms with Gasteiger partial charge in [0, 0.05) is 6.04 Å². The van der Waals surface area contributed by atoms with Crippen molar-refractivity contribution in [3.8, 4) is 0 Å². The van der Waals surface area contributed by atoms with E-state index < -0.39 is 0 Å². The van der Waals surface area contributed by atoms with Crippen LogP contribution in [0.5, 0.6) is 0 Å². The monoisotopic (exact) mass is 210 g/mol. The Kier molecular flexibility index (Phi) is 3.02. The second-order valence-electron chi connectivity index (χ2n) is 4.33. The van der Waals surface area contributed by atoms with Crippen LogP contribution in [-0.2, 0) is 0 Å². The van der Waals surface area contributed by atoms with Crippen molar-refractivity contribution in [3.63, 3.8) is 0 Å². The fourth-order valence-corrected chi connectivity index (χ4v) is 2.06. The summed E-state index contributed by atoms with van der Waals surface area (Å²) < 4.78 is 1.77. The average molecular weight is 210 g/mol. The van der Waals surface area contributed by atoms with Gasteiger partial charge in [-0.25, -0.2) is 4.68 Å². The Balaban J connectivity index is 2.13. The summed E-state index contributed by atoms with van der Waals surface area (Å²) in [6, 6.07) is -0.0155. The Morgan fingerprint density at radius 1 is 1.53 bits per heavy atom. The maximum absolute atomic E-state index is 9.85. The first-order chi connectivity index (χ1) is 7.18. The summed E-state index contributed by atoms with van der Waals surface area (Å²) in [7, 11) is 0. The second-order valence-corrected chi connectivity index (χ2v) is 4.33. The van der Waals surface area contributed by atoms with Gasteiger partial charge in [-0.3, -0.25) is 0 Å². The summed E-state index contributed by atoms with van der Waals surface area (Å²) in [6.07, 6.45) is 5.65. The minimum absolute atomic E-state index is 0.0822. The van der Waals surface area contributed by atoms with Gasteiger partial charge in [-0.05, 0) is 19.8 Å². The predicted octanol–water partition coefficient (Wildman–Crippen LogP) is 0.774. The van der Waals surface area contributed by atoms with E-state index >= 15 is 0 Å². The zero-order valence-corrected chi connectivity index (χ0v) is 9.00. The van der Waals surface area contributed by atoms with Crippen LogP contribution in [0.1, 0.15) is 50.4 Å². The van der Waals surface area contributed by atoms with E-state index in [0.29, 0.717) is 0 Å². The summed E-state index contributed by atoms with van der Waals surface area (Å²) in [5.41, 5.74) is 6.50. The van der Waals surface area contributed by atoms with E-state index in [-0.39, 0.29) is 18.2 Å². The third-order valence-corrected chi connectivity index (χ3v) is 3.03. The SMILES string of the molecule is CC(N)c1cn(C2CCCCC2O)nn1. The molecule has 1 heterocycles. The number of aliphatic hydroxyl groups is 1. The van der Waals surface area contributed by atoms with Crippen molar-refractivity contribution in [3.05, 3.63) is 11.9 Å². The van der Waals surface area contributed by atoms with Gasteiger partial charge >= 0.3 is 0 Å². The second kappa shape index (κ2) is 4.28. The van der Waals surface area contributed by atoms with E-state index in [9.17, 15) is 5.11 Å². The smallest absolute Gasteiger partial charge is 0.0991 e. The van der Waals surface area contributed by atoms with Crippen LogP contribution in [0.4, 0.5) is 0 Å². The lowest BCUT2D eigenvalue weighted by atomic mass is 9.93. The summed E-state index contributed by atoms with van der Waals surface area (Å²) in [5, 5.41) is 17.9. The van der Waals surface area contributed by atoms with E-state index in [1.165, 1.54) is 0 Å². The van der Waals surface area contributed by atoms with Crippen LogP contribution in [-0.4, -0.2) is 26.2 Å². The van der Waals surface area contributed by atoms with E-state index in [4.69, 9.17) is 5.73 Å². The lowest BCUT2D eigenvalue weighted by Crippen LogP contribution is -2.28. The molecule has 0 aliphatic heterocycles. The molecular weight excluding hydrogens is 192 g/mol.